The second kappa shape index (κ2) is 5.92. The molecule has 0 radical (unpaired) electrons. The molecule has 1 amide bonds. The average molecular weight is 348 g/mol. The molecule has 0 N–H and O–H groups in total. The highest BCUT2D eigenvalue weighted by atomic mass is 32.1. The van der Waals surface area contributed by atoms with Gasteiger partial charge in [0.15, 0.2) is 11.4 Å². The van der Waals surface area contributed by atoms with Crippen LogP contribution in [-0.4, -0.2) is 38.5 Å². The van der Waals surface area contributed by atoms with Crippen LogP contribution in [0, 0.1) is 0 Å². The molecule has 10 heteroatoms. The minimum atomic E-state index is -4.43. The first-order chi connectivity index (χ1) is 10.4. The minimum absolute atomic E-state index is 0.162. The van der Waals surface area contributed by atoms with Gasteiger partial charge in [-0.05, 0) is 24.4 Å². The minimum Gasteiger partial charge on any atom is -0.337 e. The van der Waals surface area contributed by atoms with Gasteiger partial charge >= 0.3 is 6.18 Å². The summed E-state index contributed by atoms with van der Waals surface area (Å²) in [6.07, 6.45) is -2.97. The second-order valence-corrected chi connectivity index (χ2v) is 6.45. The summed E-state index contributed by atoms with van der Waals surface area (Å²) in [5.41, 5.74) is -0.583. The van der Waals surface area contributed by atoms with Gasteiger partial charge in [0.1, 0.15) is 0 Å². The predicted molar refractivity (Wildman–Crippen MR) is 74.9 cm³/mol. The van der Waals surface area contributed by atoms with Gasteiger partial charge in [-0.3, -0.25) is 4.79 Å². The number of halogens is 3. The molecule has 1 unspecified atom stereocenters. The molecule has 0 saturated carbocycles. The Kier molecular flexibility index (Phi) is 4.13. The molecule has 0 aromatic carbocycles. The van der Waals surface area contributed by atoms with Gasteiger partial charge in [0, 0.05) is 29.8 Å². The number of likely N-dealkylation sites (tertiary alicyclic amines) is 1. The van der Waals surface area contributed by atoms with Crippen LogP contribution >= 0.6 is 22.9 Å². The molecule has 3 rings (SSSR count). The molecule has 0 aliphatic carbocycles. The molecule has 1 fully saturated rings. The van der Waals surface area contributed by atoms with Crippen molar-refractivity contribution in [1.82, 2.24) is 19.5 Å². The second-order valence-electron chi connectivity index (χ2n) is 4.95. The van der Waals surface area contributed by atoms with Crippen LogP contribution in [0.5, 0.6) is 0 Å². The van der Waals surface area contributed by atoms with Gasteiger partial charge in [-0.25, -0.2) is 4.98 Å². The van der Waals surface area contributed by atoms with E-state index in [-0.39, 0.29) is 17.5 Å². The highest BCUT2D eigenvalue weighted by molar-refractivity contribution is 7.09. The van der Waals surface area contributed by atoms with Gasteiger partial charge in [0.05, 0.1) is 5.01 Å². The molecule has 118 valence electrons. The third kappa shape index (κ3) is 3.12. The molecule has 2 aromatic rings. The van der Waals surface area contributed by atoms with Gasteiger partial charge in [0.2, 0.25) is 0 Å². The van der Waals surface area contributed by atoms with Crippen LogP contribution in [0.3, 0.4) is 0 Å². The number of aromatic nitrogens is 3. The molecular weight excluding hydrogens is 337 g/mol. The number of carbonyl (C=O) groups is 1. The Hall–Kier alpha value is -1.55. The molecule has 0 spiro atoms. The summed E-state index contributed by atoms with van der Waals surface area (Å²) in [5, 5.41) is 6.77. The van der Waals surface area contributed by atoms with Crippen molar-refractivity contribution in [3.63, 3.8) is 0 Å². The lowest BCUT2D eigenvalue weighted by Gasteiger charge is -2.31. The number of thiazole rings is 1. The van der Waals surface area contributed by atoms with Crippen LogP contribution in [0.25, 0.3) is 0 Å². The summed E-state index contributed by atoms with van der Waals surface area (Å²) >= 11 is 2.09. The molecule has 5 nitrogen and oxygen atoms in total. The Balaban J connectivity index is 1.73. The highest BCUT2D eigenvalue weighted by Crippen LogP contribution is 2.35. The molecule has 1 atom stereocenters. The molecule has 2 aromatic heterocycles. The quantitative estimate of drug-likeness (QED) is 0.837. The molecule has 3 heterocycles. The van der Waals surface area contributed by atoms with Crippen LogP contribution in [0.15, 0.2) is 10.8 Å². The van der Waals surface area contributed by atoms with Crippen molar-refractivity contribution in [1.29, 1.82) is 0 Å². The third-order valence-corrected chi connectivity index (χ3v) is 4.96. The number of carbonyl (C=O) groups excluding carboxylic acids is 1. The lowest BCUT2D eigenvalue weighted by Crippen LogP contribution is -2.39. The summed E-state index contributed by atoms with van der Waals surface area (Å²) in [4.78, 5) is 17.5. The number of piperidine rings is 1. The van der Waals surface area contributed by atoms with Crippen LogP contribution in [-0.2, 0) is 6.18 Å². The Labute approximate surface area is 132 Å². The largest absolute Gasteiger partial charge is 0.434 e. The standard InChI is InChI=1S/C12H11F3N4OS2/c13-12(14,15)9-6-21-10(16-9)7-2-1-3-19(4-7)11(20)8-5-22-18-17-8/h5-7H,1-4H2. The Morgan fingerprint density at radius 3 is 2.82 bits per heavy atom. The fourth-order valence-corrected chi connectivity index (χ4v) is 3.77. The number of nitrogens with zero attached hydrogens (tertiary/aromatic N) is 4. The topological polar surface area (TPSA) is 59.0 Å². The molecule has 1 saturated heterocycles. The zero-order valence-electron chi connectivity index (χ0n) is 11.2. The zero-order chi connectivity index (χ0) is 15.7. The van der Waals surface area contributed by atoms with E-state index in [1.54, 1.807) is 10.3 Å². The smallest absolute Gasteiger partial charge is 0.337 e. The number of alkyl halides is 3. The number of hydrogen-bond donors (Lipinski definition) is 0. The lowest BCUT2D eigenvalue weighted by molar-refractivity contribution is -0.140. The van der Waals surface area contributed by atoms with E-state index in [1.807, 2.05) is 0 Å². The van der Waals surface area contributed by atoms with Gasteiger partial charge in [-0.2, -0.15) is 13.2 Å². The van der Waals surface area contributed by atoms with E-state index >= 15 is 0 Å². The van der Waals surface area contributed by atoms with E-state index < -0.39 is 11.9 Å². The number of amides is 1. The van der Waals surface area contributed by atoms with Crippen LogP contribution in [0.4, 0.5) is 13.2 Å². The van der Waals surface area contributed by atoms with Crippen molar-refractivity contribution >= 4 is 28.8 Å². The lowest BCUT2D eigenvalue weighted by atomic mass is 9.98. The van der Waals surface area contributed by atoms with Crippen molar-refractivity contribution in [2.24, 2.45) is 0 Å². The SMILES string of the molecule is O=C(c1csnn1)N1CCCC(c2nc(C(F)(F)F)cs2)C1. The summed E-state index contributed by atoms with van der Waals surface area (Å²) in [6, 6.07) is 0. The average Bonchev–Trinajstić information content (AvgIpc) is 3.17. The van der Waals surface area contributed by atoms with E-state index in [1.165, 1.54) is 0 Å². The Bertz CT molecular complexity index is 656. The normalized spacial score (nSPS) is 19.4. The number of hydrogen-bond acceptors (Lipinski definition) is 6. The maximum atomic E-state index is 12.6. The molecule has 1 aliphatic heterocycles. The maximum Gasteiger partial charge on any atom is 0.434 e. The van der Waals surface area contributed by atoms with Gasteiger partial charge in [0.25, 0.3) is 5.91 Å². The first-order valence-electron chi connectivity index (χ1n) is 6.54. The van der Waals surface area contributed by atoms with Crippen LogP contribution in [0.2, 0.25) is 0 Å². The van der Waals surface area contributed by atoms with Crippen molar-refractivity contribution in [3.8, 4) is 0 Å². The summed E-state index contributed by atoms with van der Waals surface area (Å²) < 4.78 is 41.5. The van der Waals surface area contributed by atoms with Crippen molar-refractivity contribution in [2.45, 2.75) is 24.9 Å². The first kappa shape index (κ1) is 15.3. The monoisotopic (exact) mass is 348 g/mol. The first-order valence-corrected chi connectivity index (χ1v) is 8.25. The van der Waals surface area contributed by atoms with Gasteiger partial charge in [-0.15, -0.1) is 16.4 Å². The summed E-state index contributed by atoms with van der Waals surface area (Å²) in [6.45, 7) is 0.936. The van der Waals surface area contributed by atoms with E-state index in [9.17, 15) is 18.0 Å². The van der Waals surface area contributed by atoms with Gasteiger partial charge in [-0.1, -0.05) is 4.49 Å². The van der Waals surface area contributed by atoms with E-state index in [2.05, 4.69) is 14.6 Å². The molecule has 22 heavy (non-hydrogen) atoms. The summed E-state index contributed by atoms with van der Waals surface area (Å²) in [5.74, 6) is -0.392. The highest BCUT2D eigenvalue weighted by Gasteiger charge is 2.35. The Morgan fingerprint density at radius 1 is 1.36 bits per heavy atom. The zero-order valence-corrected chi connectivity index (χ0v) is 12.8. The molecular formula is C12H11F3N4OS2. The van der Waals surface area contributed by atoms with E-state index in [0.29, 0.717) is 18.1 Å². The summed E-state index contributed by atoms with van der Waals surface area (Å²) in [7, 11) is 0. The Morgan fingerprint density at radius 2 is 2.18 bits per heavy atom. The van der Waals surface area contributed by atoms with Crippen LogP contribution in [0.1, 0.15) is 39.9 Å². The third-order valence-electron chi connectivity index (χ3n) is 3.45. The molecule has 1 aliphatic rings. The number of rotatable bonds is 2. The fraction of sp³-hybridized carbons (Fsp3) is 0.500. The predicted octanol–water partition coefficient (Wildman–Crippen LogP) is 3.03. The van der Waals surface area contributed by atoms with Crippen molar-refractivity contribution in [3.05, 3.63) is 27.2 Å². The van der Waals surface area contributed by atoms with E-state index in [0.717, 1.165) is 41.1 Å². The van der Waals surface area contributed by atoms with Gasteiger partial charge < -0.3 is 4.90 Å². The van der Waals surface area contributed by atoms with Crippen molar-refractivity contribution < 1.29 is 18.0 Å². The maximum absolute atomic E-state index is 12.6. The van der Waals surface area contributed by atoms with E-state index in [4.69, 9.17) is 0 Å². The van der Waals surface area contributed by atoms with Crippen molar-refractivity contribution in [2.75, 3.05) is 13.1 Å². The van der Waals surface area contributed by atoms with Crippen LogP contribution < -0.4 is 0 Å². The molecule has 0 bridgehead atoms. The fourth-order valence-electron chi connectivity index (χ4n) is 2.39.